The summed E-state index contributed by atoms with van der Waals surface area (Å²) in [5, 5.41) is 39.5. The molecule has 4 fully saturated rings. The van der Waals surface area contributed by atoms with Crippen molar-refractivity contribution in [2.45, 2.75) is 129 Å². The average molecular weight is 822 g/mol. The molecule has 2 bridgehead atoms. The van der Waals surface area contributed by atoms with Crippen LogP contribution in [-0.4, -0.2) is 105 Å². The van der Waals surface area contributed by atoms with Crippen molar-refractivity contribution in [3.05, 3.63) is 71.3 Å². The molecule has 0 spiro atoms. The first kappa shape index (κ1) is 43.9. The molecule has 3 saturated carbocycles. The number of amides is 1. The third-order valence-electron chi connectivity index (χ3n) is 13.2. The third-order valence-corrected chi connectivity index (χ3v) is 13.2. The molecule has 59 heavy (non-hydrogen) atoms. The molecule has 2 aromatic rings. The van der Waals surface area contributed by atoms with E-state index in [-0.39, 0.29) is 18.6 Å². The van der Waals surface area contributed by atoms with Crippen molar-refractivity contribution in [2.24, 2.45) is 28.6 Å². The zero-order chi connectivity index (χ0) is 43.6. The first-order valence-corrected chi connectivity index (χ1v) is 19.9. The molecule has 320 valence electrons. The van der Waals surface area contributed by atoms with E-state index in [2.05, 4.69) is 5.32 Å². The summed E-state index contributed by atoms with van der Waals surface area (Å²) < 4.78 is 29.6. The number of alkyl carbamates (subject to hydrolysis) is 1. The van der Waals surface area contributed by atoms with Crippen LogP contribution in [0.3, 0.4) is 0 Å². The lowest BCUT2D eigenvalue weighted by Gasteiger charge is -2.67. The Morgan fingerprint density at radius 1 is 0.966 bits per heavy atom. The fourth-order valence-electron chi connectivity index (χ4n) is 9.98. The number of hydrogen-bond donors (Lipinski definition) is 4. The molecule has 0 aromatic heterocycles. The molecule has 1 aliphatic heterocycles. The van der Waals surface area contributed by atoms with Crippen LogP contribution in [0.4, 0.5) is 4.79 Å². The summed E-state index contributed by atoms with van der Waals surface area (Å²) in [4.78, 5) is 83.8. The Morgan fingerprint density at radius 2 is 1.59 bits per heavy atom. The van der Waals surface area contributed by atoms with E-state index in [9.17, 15) is 44.1 Å². The van der Waals surface area contributed by atoms with Crippen molar-refractivity contribution in [1.82, 2.24) is 5.32 Å². The molecule has 15 nitrogen and oxygen atoms in total. The summed E-state index contributed by atoms with van der Waals surface area (Å²) in [6.45, 7) is 13.6. The maximum absolute atomic E-state index is 14.9. The largest absolute Gasteiger partial charge is 0.460 e. The lowest BCUT2D eigenvalue weighted by molar-refractivity contribution is -0.350. The number of ether oxygens (including phenoxy) is 5. The molecular formula is C44H55NO14. The number of esters is 3. The molecule has 0 radical (unpaired) electrons. The van der Waals surface area contributed by atoms with Crippen LogP contribution in [0, 0.1) is 35.5 Å². The first-order chi connectivity index (χ1) is 27.4. The molecule has 4 aliphatic rings. The van der Waals surface area contributed by atoms with Crippen LogP contribution in [0.15, 0.2) is 54.6 Å². The van der Waals surface area contributed by atoms with E-state index in [1.807, 2.05) is 6.92 Å². The molecule has 1 amide bonds. The molecule has 2 aromatic carbocycles. The Morgan fingerprint density at radius 3 is 2.15 bits per heavy atom. The van der Waals surface area contributed by atoms with Gasteiger partial charge in [0.2, 0.25) is 11.6 Å². The number of carbonyl (C=O) groups excluding carboxylic acids is 6. The number of rotatable bonds is 8. The summed E-state index contributed by atoms with van der Waals surface area (Å²) in [6.07, 6.45) is -9.49. The number of fused-ring (bicyclic) bond motifs is 5. The van der Waals surface area contributed by atoms with Crippen LogP contribution in [0.2, 0.25) is 0 Å². The van der Waals surface area contributed by atoms with Crippen LogP contribution in [0.25, 0.3) is 0 Å². The Bertz CT molecular complexity index is 1990. The molecular weight excluding hydrogens is 766 g/mol. The SMILES string of the molecule is CC(=O)OC12COC1CC(O)C1(C)C(=O)C(=O)C3C(C)C(OC(=O)C(O)C(NC(=O)OC(C)(C)C)c4ccc(C)cc4)CC(O)(C(OC(=O)c4ccccc4)C21)C3(C)C. The molecule has 1 heterocycles. The van der Waals surface area contributed by atoms with E-state index in [1.54, 1.807) is 84.0 Å². The minimum Gasteiger partial charge on any atom is -0.460 e. The van der Waals surface area contributed by atoms with Gasteiger partial charge in [0.05, 0.1) is 35.6 Å². The van der Waals surface area contributed by atoms with E-state index in [4.69, 9.17) is 23.7 Å². The molecule has 4 N–H and O–H groups in total. The predicted molar refractivity (Wildman–Crippen MR) is 207 cm³/mol. The van der Waals surface area contributed by atoms with Gasteiger partial charge in [0.15, 0.2) is 11.7 Å². The number of benzene rings is 2. The molecule has 12 unspecified atom stereocenters. The average Bonchev–Trinajstić information content (AvgIpc) is 3.15. The Balaban J connectivity index is 1.46. The maximum atomic E-state index is 14.9. The highest BCUT2D eigenvalue weighted by Gasteiger charge is 2.79. The van der Waals surface area contributed by atoms with Crippen LogP contribution in [-0.2, 0) is 42.9 Å². The normalized spacial score (nSPS) is 34.5. The molecule has 1 saturated heterocycles. The van der Waals surface area contributed by atoms with Gasteiger partial charge in [0, 0.05) is 37.0 Å². The first-order valence-electron chi connectivity index (χ1n) is 19.9. The van der Waals surface area contributed by atoms with Crippen molar-refractivity contribution in [3.63, 3.8) is 0 Å². The fraction of sp³-hybridized carbons (Fsp3) is 0.591. The van der Waals surface area contributed by atoms with Crippen molar-refractivity contribution < 1.29 is 67.8 Å². The van der Waals surface area contributed by atoms with E-state index < -0.39 is 124 Å². The predicted octanol–water partition coefficient (Wildman–Crippen LogP) is 3.71. The molecule has 12 atom stereocenters. The quantitative estimate of drug-likeness (QED) is 0.170. The standard InChI is InChI=1S/C44H55NO14/c1-22-15-17-25(18-16-22)31(45-39(53)59-40(4,5)6)33(49)38(52)56-27-20-44(54)36(57-37(51)26-13-11-10-12-14-26)34-42(9,35(50)32(48)30(23(27)2)41(44,7)8)28(47)19-29-43(34,21-55-29)58-24(3)46/h10-18,23,27-31,33-34,36,47,49,54H,19-21H2,1-9H3,(H,45,53). The van der Waals surface area contributed by atoms with Crippen molar-refractivity contribution in [2.75, 3.05) is 6.61 Å². The smallest absolute Gasteiger partial charge is 0.408 e. The van der Waals surface area contributed by atoms with E-state index >= 15 is 0 Å². The zero-order valence-electron chi connectivity index (χ0n) is 34.8. The van der Waals surface area contributed by atoms with Gasteiger partial charge in [-0.3, -0.25) is 14.4 Å². The van der Waals surface area contributed by atoms with Gasteiger partial charge in [0.25, 0.3) is 0 Å². The van der Waals surface area contributed by atoms with Crippen LogP contribution >= 0.6 is 0 Å². The summed E-state index contributed by atoms with van der Waals surface area (Å²) in [6, 6.07) is 13.1. The Labute approximate surface area is 343 Å². The van der Waals surface area contributed by atoms with E-state index in [1.165, 1.54) is 19.1 Å². The topological polar surface area (TPSA) is 221 Å². The number of Topliss-reactive ketones (excluding diaryl/α,β-unsaturated/α-hetero) is 2. The third kappa shape index (κ3) is 7.44. The number of carbonyl (C=O) groups is 6. The van der Waals surface area contributed by atoms with Gasteiger partial charge in [-0.1, -0.05) is 68.8 Å². The van der Waals surface area contributed by atoms with E-state index in [0.717, 1.165) is 12.5 Å². The van der Waals surface area contributed by atoms with Gasteiger partial charge in [-0.05, 0) is 52.3 Å². The maximum Gasteiger partial charge on any atom is 0.408 e. The van der Waals surface area contributed by atoms with Gasteiger partial charge in [-0.15, -0.1) is 0 Å². The molecule has 6 rings (SSSR count). The highest BCUT2D eigenvalue weighted by Crippen LogP contribution is 2.64. The number of aliphatic hydroxyl groups is 3. The fourth-order valence-corrected chi connectivity index (χ4v) is 9.98. The minimum absolute atomic E-state index is 0.0748. The van der Waals surface area contributed by atoms with E-state index in [0.29, 0.717) is 5.56 Å². The Hall–Kier alpha value is -4.70. The number of aryl methyl sites for hydroxylation is 1. The lowest BCUT2D eigenvalue weighted by Crippen LogP contribution is -2.82. The second-order valence-electron chi connectivity index (χ2n) is 18.4. The summed E-state index contributed by atoms with van der Waals surface area (Å²) in [7, 11) is 0. The number of hydrogen-bond acceptors (Lipinski definition) is 14. The minimum atomic E-state index is -2.36. The van der Waals surface area contributed by atoms with Gasteiger partial charge >= 0.3 is 24.0 Å². The highest BCUT2D eigenvalue weighted by molar-refractivity contribution is 6.40. The van der Waals surface area contributed by atoms with Gasteiger partial charge in [0.1, 0.15) is 29.5 Å². The number of ketones is 2. The summed E-state index contributed by atoms with van der Waals surface area (Å²) in [5.74, 6) is -8.94. The van der Waals surface area contributed by atoms with Crippen molar-refractivity contribution >= 4 is 35.6 Å². The summed E-state index contributed by atoms with van der Waals surface area (Å²) >= 11 is 0. The molecule has 15 heteroatoms. The number of nitrogens with one attached hydrogen (secondary N) is 1. The van der Waals surface area contributed by atoms with Crippen molar-refractivity contribution in [3.8, 4) is 0 Å². The summed E-state index contributed by atoms with van der Waals surface area (Å²) in [5.41, 5.74) is -7.45. The van der Waals surface area contributed by atoms with Gasteiger partial charge < -0.3 is 44.3 Å². The lowest BCUT2D eigenvalue weighted by atomic mass is 9.42. The van der Waals surface area contributed by atoms with Gasteiger partial charge in [-0.25, -0.2) is 14.4 Å². The number of aliphatic hydroxyl groups excluding tert-OH is 2. The van der Waals surface area contributed by atoms with Crippen LogP contribution < -0.4 is 5.32 Å². The van der Waals surface area contributed by atoms with Crippen LogP contribution in [0.1, 0.15) is 95.8 Å². The van der Waals surface area contributed by atoms with Gasteiger partial charge in [-0.2, -0.15) is 0 Å². The second kappa shape index (κ2) is 15.4. The second-order valence-corrected chi connectivity index (χ2v) is 18.4. The monoisotopic (exact) mass is 821 g/mol. The highest BCUT2D eigenvalue weighted by atomic mass is 16.6. The van der Waals surface area contributed by atoms with Crippen LogP contribution in [0.5, 0.6) is 0 Å². The van der Waals surface area contributed by atoms with Crippen molar-refractivity contribution in [1.29, 1.82) is 0 Å². The Kier molecular flexibility index (Phi) is 11.4. The molecule has 3 aliphatic carbocycles. The zero-order valence-corrected chi connectivity index (χ0v) is 34.8.